The van der Waals surface area contributed by atoms with Crippen LogP contribution in [0.15, 0.2) is 24.4 Å². The Morgan fingerprint density at radius 1 is 1.36 bits per heavy atom. The molecule has 1 aliphatic heterocycles. The van der Waals surface area contributed by atoms with Gasteiger partial charge in [-0.15, -0.1) is 0 Å². The molecule has 0 spiro atoms. The lowest BCUT2D eigenvalue weighted by molar-refractivity contribution is -0.135. The van der Waals surface area contributed by atoms with E-state index in [0.717, 1.165) is 13.1 Å². The predicted octanol–water partition coefficient (Wildman–Crippen LogP) is 1.72. The standard InChI is InChI=1S/C11H17NO2/c1-3-10(11(13)14-2)9-12-7-5-4-6-8-12/h3,9H,1,4-8H2,2H3/b10-9+. The van der Waals surface area contributed by atoms with Crippen molar-refractivity contribution in [3.8, 4) is 0 Å². The molecule has 0 N–H and O–H groups in total. The Morgan fingerprint density at radius 2 is 2.00 bits per heavy atom. The minimum atomic E-state index is -0.314. The first-order valence-corrected chi connectivity index (χ1v) is 4.94. The molecule has 1 fully saturated rings. The molecule has 1 rings (SSSR count). The van der Waals surface area contributed by atoms with Crippen molar-refractivity contribution in [2.45, 2.75) is 19.3 Å². The zero-order valence-corrected chi connectivity index (χ0v) is 8.66. The van der Waals surface area contributed by atoms with Crippen molar-refractivity contribution < 1.29 is 9.53 Å². The van der Waals surface area contributed by atoms with Gasteiger partial charge in [0.2, 0.25) is 0 Å². The Hall–Kier alpha value is -1.25. The minimum Gasteiger partial charge on any atom is -0.465 e. The van der Waals surface area contributed by atoms with E-state index in [0.29, 0.717) is 5.57 Å². The number of piperidine rings is 1. The summed E-state index contributed by atoms with van der Waals surface area (Å²) in [5.74, 6) is -0.314. The van der Waals surface area contributed by atoms with E-state index in [-0.39, 0.29) is 5.97 Å². The maximum absolute atomic E-state index is 11.2. The topological polar surface area (TPSA) is 29.5 Å². The van der Waals surface area contributed by atoms with E-state index in [1.54, 1.807) is 6.08 Å². The highest BCUT2D eigenvalue weighted by molar-refractivity contribution is 5.91. The SMILES string of the molecule is C=C/C(=C\N1CCCCC1)C(=O)OC. The third-order valence-corrected chi connectivity index (χ3v) is 2.35. The Labute approximate surface area is 85.0 Å². The van der Waals surface area contributed by atoms with Crippen LogP contribution in [0, 0.1) is 0 Å². The Morgan fingerprint density at radius 3 is 2.50 bits per heavy atom. The number of methoxy groups -OCH3 is 1. The van der Waals surface area contributed by atoms with Crippen LogP contribution in [0.1, 0.15) is 19.3 Å². The van der Waals surface area contributed by atoms with Crippen molar-refractivity contribution in [1.29, 1.82) is 0 Å². The molecule has 0 aromatic heterocycles. The first-order valence-electron chi connectivity index (χ1n) is 4.94. The summed E-state index contributed by atoms with van der Waals surface area (Å²) >= 11 is 0. The minimum absolute atomic E-state index is 0.314. The molecule has 0 aliphatic carbocycles. The molecule has 0 radical (unpaired) electrons. The van der Waals surface area contributed by atoms with Crippen LogP contribution in [0.4, 0.5) is 0 Å². The van der Waals surface area contributed by atoms with Crippen molar-refractivity contribution in [3.05, 3.63) is 24.4 Å². The van der Waals surface area contributed by atoms with Crippen LogP contribution in [-0.4, -0.2) is 31.1 Å². The molecule has 0 saturated carbocycles. The second-order valence-electron chi connectivity index (χ2n) is 3.38. The lowest BCUT2D eigenvalue weighted by Crippen LogP contribution is -2.25. The van der Waals surface area contributed by atoms with Gasteiger partial charge in [-0.05, 0) is 19.3 Å². The molecule has 0 amide bonds. The zero-order valence-electron chi connectivity index (χ0n) is 8.66. The molecule has 3 heteroatoms. The zero-order chi connectivity index (χ0) is 10.4. The van der Waals surface area contributed by atoms with Gasteiger partial charge in [-0.2, -0.15) is 0 Å². The highest BCUT2D eigenvalue weighted by Gasteiger charge is 2.10. The smallest absolute Gasteiger partial charge is 0.339 e. The summed E-state index contributed by atoms with van der Waals surface area (Å²) in [5.41, 5.74) is 0.536. The second-order valence-corrected chi connectivity index (χ2v) is 3.38. The maximum atomic E-state index is 11.2. The third-order valence-electron chi connectivity index (χ3n) is 2.35. The van der Waals surface area contributed by atoms with Crippen LogP contribution >= 0.6 is 0 Å². The van der Waals surface area contributed by atoms with Gasteiger partial charge in [0.25, 0.3) is 0 Å². The third kappa shape index (κ3) is 2.91. The number of likely N-dealkylation sites (tertiary alicyclic amines) is 1. The lowest BCUT2D eigenvalue weighted by atomic mass is 10.1. The summed E-state index contributed by atoms with van der Waals surface area (Å²) in [5, 5.41) is 0. The van der Waals surface area contributed by atoms with Crippen LogP contribution in [-0.2, 0) is 9.53 Å². The van der Waals surface area contributed by atoms with E-state index in [1.165, 1.54) is 26.4 Å². The fraction of sp³-hybridized carbons (Fsp3) is 0.545. The summed E-state index contributed by atoms with van der Waals surface area (Å²) in [6, 6.07) is 0. The second kappa shape index (κ2) is 5.47. The molecule has 14 heavy (non-hydrogen) atoms. The summed E-state index contributed by atoms with van der Waals surface area (Å²) in [7, 11) is 1.38. The monoisotopic (exact) mass is 195 g/mol. The maximum Gasteiger partial charge on any atom is 0.339 e. The Balaban J connectivity index is 2.61. The molecule has 1 aliphatic rings. The number of hydrogen-bond acceptors (Lipinski definition) is 3. The fourth-order valence-corrected chi connectivity index (χ4v) is 1.55. The number of esters is 1. The van der Waals surface area contributed by atoms with Crippen LogP contribution in [0.25, 0.3) is 0 Å². The van der Waals surface area contributed by atoms with Gasteiger partial charge in [0.15, 0.2) is 0 Å². The normalized spacial score (nSPS) is 17.8. The molecule has 1 heterocycles. The predicted molar refractivity (Wildman–Crippen MR) is 55.7 cm³/mol. The lowest BCUT2D eigenvalue weighted by Gasteiger charge is -2.25. The molecule has 0 unspecified atom stereocenters. The first kappa shape index (κ1) is 10.8. The number of ether oxygens (including phenoxy) is 1. The van der Waals surface area contributed by atoms with Gasteiger partial charge in [0, 0.05) is 19.3 Å². The van der Waals surface area contributed by atoms with E-state index < -0.39 is 0 Å². The Kier molecular flexibility index (Phi) is 4.23. The number of carbonyl (C=O) groups excluding carboxylic acids is 1. The largest absolute Gasteiger partial charge is 0.465 e. The van der Waals surface area contributed by atoms with Gasteiger partial charge in [-0.1, -0.05) is 12.7 Å². The molecule has 1 saturated heterocycles. The van der Waals surface area contributed by atoms with Crippen molar-refractivity contribution in [1.82, 2.24) is 4.90 Å². The number of rotatable bonds is 3. The molecular weight excluding hydrogens is 178 g/mol. The molecular formula is C11H17NO2. The number of nitrogens with zero attached hydrogens (tertiary/aromatic N) is 1. The van der Waals surface area contributed by atoms with E-state index in [1.807, 2.05) is 6.20 Å². The van der Waals surface area contributed by atoms with E-state index >= 15 is 0 Å². The van der Waals surface area contributed by atoms with Crippen molar-refractivity contribution in [3.63, 3.8) is 0 Å². The van der Waals surface area contributed by atoms with E-state index in [9.17, 15) is 4.79 Å². The molecule has 0 aromatic carbocycles. The highest BCUT2D eigenvalue weighted by atomic mass is 16.5. The summed E-state index contributed by atoms with van der Waals surface area (Å²) in [6.45, 7) is 5.64. The average Bonchev–Trinajstić information content (AvgIpc) is 2.26. The molecule has 3 nitrogen and oxygen atoms in total. The van der Waals surface area contributed by atoms with Crippen LogP contribution in [0.3, 0.4) is 0 Å². The summed E-state index contributed by atoms with van der Waals surface area (Å²) < 4.78 is 4.64. The average molecular weight is 195 g/mol. The molecule has 0 atom stereocenters. The number of carbonyl (C=O) groups is 1. The van der Waals surface area contributed by atoms with Gasteiger partial charge in [-0.3, -0.25) is 0 Å². The van der Waals surface area contributed by atoms with E-state index in [2.05, 4.69) is 16.2 Å². The van der Waals surface area contributed by atoms with Gasteiger partial charge >= 0.3 is 5.97 Å². The van der Waals surface area contributed by atoms with Crippen LogP contribution < -0.4 is 0 Å². The van der Waals surface area contributed by atoms with Gasteiger partial charge in [0.05, 0.1) is 12.7 Å². The summed E-state index contributed by atoms with van der Waals surface area (Å²) in [6.07, 6.45) is 7.06. The van der Waals surface area contributed by atoms with Gasteiger partial charge < -0.3 is 9.64 Å². The Bertz CT molecular complexity index is 240. The fourth-order valence-electron chi connectivity index (χ4n) is 1.55. The molecule has 78 valence electrons. The van der Waals surface area contributed by atoms with Gasteiger partial charge in [-0.25, -0.2) is 4.79 Å². The first-order chi connectivity index (χ1) is 6.77. The van der Waals surface area contributed by atoms with Crippen molar-refractivity contribution in [2.24, 2.45) is 0 Å². The quantitative estimate of drug-likeness (QED) is 0.390. The van der Waals surface area contributed by atoms with E-state index in [4.69, 9.17) is 0 Å². The summed E-state index contributed by atoms with van der Waals surface area (Å²) in [4.78, 5) is 13.4. The van der Waals surface area contributed by atoms with Crippen LogP contribution in [0.5, 0.6) is 0 Å². The van der Waals surface area contributed by atoms with Gasteiger partial charge in [0.1, 0.15) is 0 Å². The van der Waals surface area contributed by atoms with Crippen molar-refractivity contribution in [2.75, 3.05) is 20.2 Å². The molecule has 0 aromatic rings. The van der Waals surface area contributed by atoms with Crippen molar-refractivity contribution >= 4 is 5.97 Å². The number of hydrogen-bond donors (Lipinski definition) is 0. The molecule has 0 bridgehead atoms. The van der Waals surface area contributed by atoms with Crippen LogP contribution in [0.2, 0.25) is 0 Å². The highest BCUT2D eigenvalue weighted by Crippen LogP contribution is 2.11.